The number of carbonyl (C=O) groups is 3. The number of fused-ring (bicyclic) bond motifs is 1. The van der Waals surface area contributed by atoms with Crippen molar-refractivity contribution in [1.82, 2.24) is 30.5 Å². The fourth-order valence-corrected chi connectivity index (χ4v) is 5.03. The lowest BCUT2D eigenvalue weighted by atomic mass is 9.85. The number of carbonyl (C=O) groups excluding carboxylic acids is 3. The molecule has 0 spiro atoms. The van der Waals surface area contributed by atoms with Crippen molar-refractivity contribution < 1.29 is 19.5 Å². The lowest BCUT2D eigenvalue weighted by molar-refractivity contribution is -0.144. The summed E-state index contributed by atoms with van der Waals surface area (Å²) in [7, 11) is 0. The van der Waals surface area contributed by atoms with E-state index in [0.717, 1.165) is 29.7 Å². The number of amides is 3. The number of hydrogen-bond donors (Lipinski definition) is 3. The van der Waals surface area contributed by atoms with Crippen molar-refractivity contribution in [1.29, 1.82) is 0 Å². The van der Waals surface area contributed by atoms with E-state index in [-0.39, 0.29) is 37.2 Å². The van der Waals surface area contributed by atoms with Crippen molar-refractivity contribution in [3.8, 4) is 0 Å². The number of aliphatic hydroxyl groups is 1. The second-order valence-corrected chi connectivity index (χ2v) is 11.0. The molecule has 3 N–H and O–H groups in total. The van der Waals surface area contributed by atoms with Gasteiger partial charge in [0.15, 0.2) is 0 Å². The zero-order valence-corrected chi connectivity index (χ0v) is 20.3. The Kier molecular flexibility index (Phi) is 5.86. The van der Waals surface area contributed by atoms with Crippen LogP contribution < -0.4 is 10.6 Å². The lowest BCUT2D eigenvalue weighted by Crippen LogP contribution is -2.50. The lowest BCUT2D eigenvalue weighted by Gasteiger charge is -2.34. The van der Waals surface area contributed by atoms with Crippen molar-refractivity contribution in [3.63, 3.8) is 0 Å². The van der Waals surface area contributed by atoms with Crippen LogP contribution in [0.5, 0.6) is 0 Å². The van der Waals surface area contributed by atoms with Gasteiger partial charge in [0.25, 0.3) is 5.91 Å². The first-order chi connectivity index (χ1) is 16.6. The zero-order valence-electron chi connectivity index (χ0n) is 20.3. The molecule has 10 nitrogen and oxygen atoms in total. The third-order valence-corrected chi connectivity index (χ3v) is 7.03. The summed E-state index contributed by atoms with van der Waals surface area (Å²) in [5.41, 5.74) is 2.85. The summed E-state index contributed by atoms with van der Waals surface area (Å²) in [6.45, 7) is 6.73. The summed E-state index contributed by atoms with van der Waals surface area (Å²) in [6, 6.07) is 4.05. The Hall–Kier alpha value is -3.27. The topological polar surface area (TPSA) is 129 Å². The van der Waals surface area contributed by atoms with E-state index in [1.165, 1.54) is 4.90 Å². The van der Waals surface area contributed by atoms with Gasteiger partial charge in [0.2, 0.25) is 11.8 Å². The third-order valence-electron chi connectivity index (χ3n) is 7.03. The largest absolute Gasteiger partial charge is 0.391 e. The van der Waals surface area contributed by atoms with Gasteiger partial charge in [-0.05, 0) is 35.4 Å². The van der Waals surface area contributed by atoms with Gasteiger partial charge < -0.3 is 20.6 Å². The Labute approximate surface area is 204 Å². The molecule has 1 saturated carbocycles. The summed E-state index contributed by atoms with van der Waals surface area (Å²) in [6.07, 6.45) is 3.43. The summed E-state index contributed by atoms with van der Waals surface area (Å²) >= 11 is 0. The molecule has 35 heavy (non-hydrogen) atoms. The number of aromatic nitrogens is 3. The molecule has 3 heterocycles. The summed E-state index contributed by atoms with van der Waals surface area (Å²) in [5, 5.41) is 24.6. The molecule has 1 aliphatic carbocycles. The highest BCUT2D eigenvalue weighted by molar-refractivity contribution is 5.98. The molecule has 186 valence electrons. The van der Waals surface area contributed by atoms with Crippen LogP contribution in [0.3, 0.4) is 0 Å². The summed E-state index contributed by atoms with van der Waals surface area (Å²) < 4.78 is 1.62. The molecule has 3 aliphatic rings. The van der Waals surface area contributed by atoms with E-state index < -0.39 is 23.6 Å². The number of hydrogen-bond acceptors (Lipinski definition) is 6. The Morgan fingerprint density at radius 3 is 2.77 bits per heavy atom. The van der Waals surface area contributed by atoms with Crippen LogP contribution in [0.4, 0.5) is 0 Å². The summed E-state index contributed by atoms with van der Waals surface area (Å²) in [4.78, 5) is 40.2. The van der Waals surface area contributed by atoms with Crippen LogP contribution in [-0.4, -0.2) is 61.4 Å². The average molecular weight is 481 g/mol. The predicted molar refractivity (Wildman–Crippen MR) is 126 cm³/mol. The van der Waals surface area contributed by atoms with Gasteiger partial charge in [-0.15, -0.1) is 5.10 Å². The number of nitrogens with one attached hydrogen (secondary N) is 2. The molecule has 0 bridgehead atoms. The van der Waals surface area contributed by atoms with Gasteiger partial charge in [0.1, 0.15) is 12.1 Å². The minimum Gasteiger partial charge on any atom is -0.391 e. The van der Waals surface area contributed by atoms with Gasteiger partial charge in [-0.25, -0.2) is 4.68 Å². The molecule has 2 aliphatic heterocycles. The van der Waals surface area contributed by atoms with Crippen LogP contribution >= 0.6 is 0 Å². The van der Waals surface area contributed by atoms with Gasteiger partial charge >= 0.3 is 0 Å². The fraction of sp³-hybridized carbons (Fsp3) is 0.560. The second kappa shape index (κ2) is 8.75. The SMILES string of the molecule is CC(C)(C)[C@@H](C(=O)N1CC(O)CC1C(=O)NCc1ccc2c(c1)CNC2=O)n1cc(C2CC2)nn1. The second-order valence-electron chi connectivity index (χ2n) is 11.0. The smallest absolute Gasteiger partial charge is 0.251 e. The normalized spacial score (nSPS) is 22.6. The Morgan fingerprint density at radius 2 is 2.06 bits per heavy atom. The van der Waals surface area contributed by atoms with E-state index in [0.29, 0.717) is 18.0 Å². The summed E-state index contributed by atoms with van der Waals surface area (Å²) in [5.74, 6) is -0.229. The van der Waals surface area contributed by atoms with Crippen molar-refractivity contribution in [3.05, 3.63) is 46.8 Å². The van der Waals surface area contributed by atoms with Gasteiger partial charge in [0, 0.05) is 43.7 Å². The number of benzene rings is 1. The highest BCUT2D eigenvalue weighted by atomic mass is 16.3. The van der Waals surface area contributed by atoms with Crippen LogP contribution in [0, 0.1) is 5.41 Å². The van der Waals surface area contributed by atoms with Gasteiger partial charge in [-0.1, -0.05) is 38.1 Å². The molecule has 3 atom stereocenters. The molecule has 5 rings (SSSR count). The molecule has 3 amide bonds. The molecule has 2 fully saturated rings. The maximum Gasteiger partial charge on any atom is 0.251 e. The number of rotatable bonds is 6. The van der Waals surface area contributed by atoms with Gasteiger partial charge in [-0.2, -0.15) is 0 Å². The number of aliphatic hydroxyl groups excluding tert-OH is 1. The maximum atomic E-state index is 13.8. The standard InChI is InChI=1S/C25H32N6O4/c1-25(2,3)21(31-13-19(28-29-31)15-5-6-15)24(35)30-12-17(32)9-20(30)23(34)26-10-14-4-7-18-16(8-14)11-27-22(18)33/h4,7-8,13,15,17,20-21,32H,5-6,9-12H2,1-3H3,(H,26,34)(H,27,33)/t17?,20?,21-/m1/s1. The van der Waals surface area contributed by atoms with Crippen molar-refractivity contribution >= 4 is 17.7 Å². The molecular weight excluding hydrogens is 448 g/mol. The maximum absolute atomic E-state index is 13.8. The van der Waals surface area contributed by atoms with Crippen LogP contribution in [-0.2, 0) is 22.7 Å². The monoisotopic (exact) mass is 480 g/mol. The van der Waals surface area contributed by atoms with Gasteiger partial charge in [0.05, 0.1) is 11.8 Å². The first-order valence-electron chi connectivity index (χ1n) is 12.2. The Bertz CT molecular complexity index is 1160. The average Bonchev–Trinajstić information content (AvgIpc) is 3.23. The fourth-order valence-electron chi connectivity index (χ4n) is 5.03. The first kappa shape index (κ1) is 23.5. The van der Waals surface area contributed by atoms with Crippen LogP contribution in [0.2, 0.25) is 0 Å². The zero-order chi connectivity index (χ0) is 24.9. The number of likely N-dealkylation sites (tertiary alicyclic amines) is 1. The molecular formula is C25H32N6O4. The van der Waals surface area contributed by atoms with Crippen molar-refractivity contribution in [2.24, 2.45) is 5.41 Å². The highest BCUT2D eigenvalue weighted by Gasteiger charge is 2.45. The van der Waals surface area contributed by atoms with Crippen molar-refractivity contribution in [2.45, 2.75) is 77.2 Å². The molecule has 1 aromatic carbocycles. The van der Waals surface area contributed by atoms with Crippen LogP contribution in [0.15, 0.2) is 24.4 Å². The molecule has 1 saturated heterocycles. The van der Waals surface area contributed by atoms with Crippen molar-refractivity contribution in [2.75, 3.05) is 6.54 Å². The number of nitrogens with zero attached hydrogens (tertiary/aromatic N) is 4. The van der Waals surface area contributed by atoms with Gasteiger partial charge in [-0.3, -0.25) is 14.4 Å². The molecule has 0 radical (unpaired) electrons. The molecule has 2 unspecified atom stereocenters. The quantitative estimate of drug-likeness (QED) is 0.571. The minimum absolute atomic E-state index is 0.0882. The predicted octanol–water partition coefficient (Wildman–Crippen LogP) is 1.26. The number of β-amino-alcohol motifs (C(OH)–C–C–N with tert-alkyl or cyclic N) is 1. The van der Waals surface area contributed by atoms with E-state index in [2.05, 4.69) is 20.9 Å². The Morgan fingerprint density at radius 1 is 1.29 bits per heavy atom. The van der Waals surface area contributed by atoms with E-state index in [9.17, 15) is 19.5 Å². The van der Waals surface area contributed by atoms with E-state index in [1.807, 2.05) is 39.1 Å². The van der Waals surface area contributed by atoms with Crippen LogP contribution in [0.25, 0.3) is 0 Å². The van der Waals surface area contributed by atoms with E-state index >= 15 is 0 Å². The third kappa shape index (κ3) is 4.67. The highest BCUT2D eigenvalue weighted by Crippen LogP contribution is 2.40. The Balaban J connectivity index is 1.31. The van der Waals surface area contributed by atoms with Crippen LogP contribution in [0.1, 0.15) is 79.2 Å². The van der Waals surface area contributed by atoms with E-state index in [1.54, 1.807) is 10.7 Å². The molecule has 10 heteroatoms. The first-order valence-corrected chi connectivity index (χ1v) is 12.2. The minimum atomic E-state index is -0.773. The molecule has 1 aromatic heterocycles. The molecule has 2 aromatic rings. The van der Waals surface area contributed by atoms with E-state index in [4.69, 9.17) is 0 Å².